The van der Waals surface area contributed by atoms with Gasteiger partial charge in [0.1, 0.15) is 0 Å². The van der Waals surface area contributed by atoms with Gasteiger partial charge in [0, 0.05) is 30.1 Å². The average Bonchev–Trinajstić information content (AvgIpc) is 3.04. The molecule has 0 bridgehead atoms. The third-order valence-corrected chi connectivity index (χ3v) is 9.05. The number of allylic oxidation sites excluding steroid dienone is 4. The zero-order valence-electron chi connectivity index (χ0n) is 19.9. The molecular formula is C26H34O7. The highest BCUT2D eigenvalue weighted by Gasteiger charge is 2.70. The number of fused-ring (bicyclic) bond motifs is 5. The van der Waals surface area contributed by atoms with Crippen LogP contribution in [0.4, 0.5) is 0 Å². The molecule has 0 heterocycles. The van der Waals surface area contributed by atoms with Gasteiger partial charge in [-0.2, -0.15) is 0 Å². The highest BCUT2D eigenvalue weighted by atomic mass is 16.6. The molecule has 4 rings (SSSR count). The number of hydrogen-bond donors (Lipinski definition) is 1. The molecule has 4 aliphatic carbocycles. The highest BCUT2D eigenvalue weighted by molar-refractivity contribution is 6.01. The quantitative estimate of drug-likeness (QED) is 0.631. The van der Waals surface area contributed by atoms with E-state index in [1.54, 1.807) is 19.1 Å². The van der Waals surface area contributed by atoms with Gasteiger partial charge in [-0.05, 0) is 56.1 Å². The summed E-state index contributed by atoms with van der Waals surface area (Å²) in [4.78, 5) is 49.3. The fourth-order valence-corrected chi connectivity index (χ4v) is 7.55. The van der Waals surface area contributed by atoms with Crippen molar-refractivity contribution in [1.29, 1.82) is 0 Å². The molecule has 33 heavy (non-hydrogen) atoms. The second-order valence-electron chi connectivity index (χ2n) is 10.6. The predicted molar refractivity (Wildman–Crippen MR) is 119 cm³/mol. The molecule has 0 aliphatic heterocycles. The van der Waals surface area contributed by atoms with Crippen molar-refractivity contribution in [3.8, 4) is 0 Å². The van der Waals surface area contributed by atoms with Gasteiger partial charge in [-0.25, -0.2) is 0 Å². The molecule has 0 aromatic carbocycles. The molecule has 4 aliphatic rings. The Labute approximate surface area is 194 Å². The summed E-state index contributed by atoms with van der Waals surface area (Å²) in [5.74, 6) is -1.38. The molecule has 0 radical (unpaired) electrons. The average molecular weight is 459 g/mol. The normalized spacial score (nSPS) is 41.4. The van der Waals surface area contributed by atoms with E-state index in [2.05, 4.69) is 6.92 Å². The second-order valence-corrected chi connectivity index (χ2v) is 10.6. The summed E-state index contributed by atoms with van der Waals surface area (Å²) in [5, 5.41) is 11.5. The summed E-state index contributed by atoms with van der Waals surface area (Å²) in [7, 11) is 0. The third-order valence-electron chi connectivity index (χ3n) is 9.05. The summed E-state index contributed by atoms with van der Waals surface area (Å²) in [6.07, 6.45) is 7.54. The number of ketones is 2. The van der Waals surface area contributed by atoms with Crippen molar-refractivity contribution in [1.82, 2.24) is 0 Å². The Kier molecular flexibility index (Phi) is 5.92. The van der Waals surface area contributed by atoms with Crippen molar-refractivity contribution in [2.75, 3.05) is 6.61 Å². The maximum absolute atomic E-state index is 13.5. The van der Waals surface area contributed by atoms with Crippen LogP contribution in [-0.4, -0.2) is 46.9 Å². The molecule has 0 amide bonds. The minimum absolute atomic E-state index is 0.0153. The summed E-state index contributed by atoms with van der Waals surface area (Å²) < 4.78 is 10.9. The minimum atomic E-state index is -1.43. The van der Waals surface area contributed by atoms with Gasteiger partial charge in [-0.3, -0.25) is 19.2 Å². The van der Waals surface area contributed by atoms with Crippen LogP contribution in [0.1, 0.15) is 66.2 Å². The first-order valence-corrected chi connectivity index (χ1v) is 12.0. The molecule has 7 heteroatoms. The van der Waals surface area contributed by atoms with Crippen LogP contribution in [0.15, 0.2) is 23.8 Å². The molecule has 0 aromatic heterocycles. The van der Waals surface area contributed by atoms with Gasteiger partial charge in [-0.15, -0.1) is 0 Å². The summed E-state index contributed by atoms with van der Waals surface area (Å²) in [6, 6.07) is 0. The van der Waals surface area contributed by atoms with Crippen molar-refractivity contribution < 1.29 is 33.8 Å². The molecule has 3 fully saturated rings. The predicted octanol–water partition coefficient (Wildman–Crippen LogP) is 3.09. The molecule has 6 unspecified atom stereocenters. The van der Waals surface area contributed by atoms with E-state index in [1.807, 2.05) is 13.0 Å². The molecule has 7 nitrogen and oxygen atoms in total. The van der Waals surface area contributed by atoms with Gasteiger partial charge >= 0.3 is 11.9 Å². The smallest absolute Gasteiger partial charge is 0.306 e. The number of rotatable bonds is 5. The summed E-state index contributed by atoms with van der Waals surface area (Å²) in [6.45, 7) is 6.51. The molecule has 3 saturated carbocycles. The monoisotopic (exact) mass is 458 g/mol. The second kappa shape index (κ2) is 8.19. The standard InChI is InChI=1S/C26H34O7/c1-5-22(31)33-26(21(30)14-32-15(2)27)11-9-19-18-7-6-16-12-17(28)8-10-24(16,3)23(18)20(29)13-25(19,26)4/h8,10,12,18-20,23,29H,5-7,9,11,13-14H2,1-4H3/t18?,19?,20?,23?,24?,25?,26-/m0/s1. The molecule has 0 aromatic rings. The molecule has 0 spiro atoms. The van der Waals surface area contributed by atoms with Crippen LogP contribution in [-0.2, 0) is 28.7 Å². The Morgan fingerprint density at radius 1 is 1.21 bits per heavy atom. The SMILES string of the molecule is CCC(=O)O[C@]1(C(=O)COC(C)=O)CCC2C3CCC4=CC(=O)C=CC4(C)C3C(O)CC21C. The zero-order valence-corrected chi connectivity index (χ0v) is 19.9. The van der Waals surface area contributed by atoms with Gasteiger partial charge in [-0.1, -0.05) is 32.4 Å². The van der Waals surface area contributed by atoms with Crippen LogP contribution in [0, 0.1) is 28.6 Å². The first-order valence-electron chi connectivity index (χ1n) is 12.0. The fourth-order valence-electron chi connectivity index (χ4n) is 7.55. The number of aliphatic hydroxyl groups excluding tert-OH is 1. The number of carbonyl (C=O) groups is 4. The van der Waals surface area contributed by atoms with Crippen molar-refractivity contribution in [3.05, 3.63) is 23.8 Å². The number of ether oxygens (including phenoxy) is 2. The van der Waals surface area contributed by atoms with E-state index in [1.165, 1.54) is 6.92 Å². The molecule has 1 N–H and O–H groups in total. The lowest BCUT2D eigenvalue weighted by molar-refractivity contribution is -0.200. The molecule has 180 valence electrons. The Morgan fingerprint density at radius 2 is 1.94 bits per heavy atom. The number of esters is 2. The first kappa shape index (κ1) is 23.9. The lowest BCUT2D eigenvalue weighted by Crippen LogP contribution is -2.63. The van der Waals surface area contributed by atoms with Gasteiger partial charge in [0.25, 0.3) is 0 Å². The first-order chi connectivity index (χ1) is 15.5. The maximum atomic E-state index is 13.5. The maximum Gasteiger partial charge on any atom is 0.306 e. The van der Waals surface area contributed by atoms with Crippen molar-refractivity contribution in [2.24, 2.45) is 28.6 Å². The van der Waals surface area contributed by atoms with Crippen LogP contribution in [0.2, 0.25) is 0 Å². The van der Waals surface area contributed by atoms with Crippen LogP contribution in [0.5, 0.6) is 0 Å². The van der Waals surface area contributed by atoms with Crippen molar-refractivity contribution in [3.63, 3.8) is 0 Å². The van der Waals surface area contributed by atoms with Gasteiger partial charge in [0.05, 0.1) is 6.10 Å². The molecular weight excluding hydrogens is 424 g/mol. The number of carbonyl (C=O) groups excluding carboxylic acids is 4. The van der Waals surface area contributed by atoms with Crippen LogP contribution < -0.4 is 0 Å². The van der Waals surface area contributed by atoms with Gasteiger partial charge in [0.15, 0.2) is 18.0 Å². The van der Waals surface area contributed by atoms with Crippen molar-refractivity contribution in [2.45, 2.75) is 77.9 Å². The van der Waals surface area contributed by atoms with Gasteiger partial charge < -0.3 is 14.6 Å². The van der Waals surface area contributed by atoms with E-state index in [0.29, 0.717) is 19.3 Å². The Morgan fingerprint density at radius 3 is 2.61 bits per heavy atom. The van der Waals surface area contributed by atoms with Crippen molar-refractivity contribution >= 4 is 23.5 Å². The van der Waals surface area contributed by atoms with E-state index < -0.39 is 46.9 Å². The summed E-state index contributed by atoms with van der Waals surface area (Å²) in [5.41, 5.74) is -1.56. The van der Waals surface area contributed by atoms with E-state index in [9.17, 15) is 24.3 Å². The topological polar surface area (TPSA) is 107 Å². The van der Waals surface area contributed by atoms with Gasteiger partial charge in [0.2, 0.25) is 5.78 Å². The number of Topliss-reactive ketones (excluding diaryl/α,β-unsaturated/α-hetero) is 1. The largest absolute Gasteiger partial charge is 0.458 e. The zero-order chi connectivity index (χ0) is 24.2. The number of hydrogen-bond acceptors (Lipinski definition) is 7. The Balaban J connectivity index is 1.73. The summed E-state index contributed by atoms with van der Waals surface area (Å²) >= 11 is 0. The molecule has 7 atom stereocenters. The Bertz CT molecular complexity index is 948. The van der Waals surface area contributed by atoms with E-state index in [-0.39, 0.29) is 30.0 Å². The highest BCUT2D eigenvalue weighted by Crippen LogP contribution is 2.67. The lowest BCUT2D eigenvalue weighted by Gasteiger charge is -2.59. The molecule has 0 saturated heterocycles. The van der Waals surface area contributed by atoms with E-state index in [4.69, 9.17) is 9.47 Å². The van der Waals surface area contributed by atoms with E-state index >= 15 is 0 Å². The third kappa shape index (κ3) is 3.50. The minimum Gasteiger partial charge on any atom is -0.458 e. The fraction of sp³-hybridized carbons (Fsp3) is 0.692. The van der Waals surface area contributed by atoms with Crippen LogP contribution >= 0.6 is 0 Å². The Hall–Kier alpha value is -2.28. The van der Waals surface area contributed by atoms with E-state index in [0.717, 1.165) is 18.4 Å². The lowest BCUT2D eigenvalue weighted by atomic mass is 9.46. The van der Waals surface area contributed by atoms with Crippen LogP contribution in [0.3, 0.4) is 0 Å². The van der Waals surface area contributed by atoms with Crippen LogP contribution in [0.25, 0.3) is 0 Å². The number of aliphatic hydroxyl groups is 1.